The summed E-state index contributed by atoms with van der Waals surface area (Å²) in [6.45, 7) is 5.97. The van der Waals surface area contributed by atoms with Crippen molar-refractivity contribution in [3.05, 3.63) is 11.6 Å². The van der Waals surface area contributed by atoms with E-state index in [-0.39, 0.29) is 34.7 Å². The highest BCUT2D eigenvalue weighted by Gasteiger charge is 2.68. The van der Waals surface area contributed by atoms with E-state index < -0.39 is 73.6 Å². The molecule has 0 unspecified atom stereocenters. The lowest BCUT2D eigenvalue weighted by Gasteiger charge is -2.64. The predicted molar refractivity (Wildman–Crippen MR) is 166 cm³/mol. The van der Waals surface area contributed by atoms with Crippen molar-refractivity contribution in [1.82, 2.24) is 0 Å². The minimum Gasteiger partial charge on any atom is -0.458 e. The Morgan fingerprint density at radius 3 is 2.27 bits per heavy atom. The topological polar surface area (TPSA) is 205 Å². The highest BCUT2D eigenvalue weighted by atomic mass is 16.7. The van der Waals surface area contributed by atoms with Crippen molar-refractivity contribution in [2.75, 3.05) is 13.2 Å². The Bertz CT molecular complexity index is 1240. The molecule has 13 nitrogen and oxygen atoms in total. The van der Waals surface area contributed by atoms with E-state index >= 15 is 0 Å². The van der Waals surface area contributed by atoms with Crippen LogP contribution >= 0.6 is 0 Å². The van der Waals surface area contributed by atoms with E-state index in [1.807, 2.05) is 0 Å². The van der Waals surface area contributed by atoms with Crippen LogP contribution < -0.4 is 0 Å². The van der Waals surface area contributed by atoms with E-state index in [2.05, 4.69) is 13.8 Å². The Labute approximate surface area is 281 Å². The Balaban J connectivity index is 0.977. The summed E-state index contributed by atoms with van der Waals surface area (Å²) in [5, 5.41) is 74.7. The summed E-state index contributed by atoms with van der Waals surface area (Å²) in [6.07, 6.45) is -4.12. The van der Waals surface area contributed by atoms with Gasteiger partial charge in [0.1, 0.15) is 49.3 Å². The normalized spacial score (nSPS) is 55.3. The number of ether oxygens (including phenoxy) is 5. The minimum atomic E-state index is -1.65. The van der Waals surface area contributed by atoms with Crippen molar-refractivity contribution in [3.63, 3.8) is 0 Å². The zero-order valence-electron chi connectivity index (χ0n) is 28.1. The van der Waals surface area contributed by atoms with Crippen LogP contribution in [0.2, 0.25) is 0 Å². The molecule has 7 rings (SSSR count). The average molecular weight is 683 g/mol. The second kappa shape index (κ2) is 12.8. The van der Waals surface area contributed by atoms with Gasteiger partial charge in [-0.15, -0.1) is 0 Å². The molecule has 3 heterocycles. The predicted octanol–water partition coefficient (Wildman–Crippen LogP) is 0.280. The Hall–Kier alpha value is -1.23. The first-order valence-corrected chi connectivity index (χ1v) is 17.9. The third-order valence-electron chi connectivity index (χ3n) is 14.2. The first-order valence-electron chi connectivity index (χ1n) is 17.9. The molecule has 4 saturated carbocycles. The fourth-order valence-electron chi connectivity index (χ4n) is 11.3. The highest BCUT2D eigenvalue weighted by Crippen LogP contribution is 2.70. The number of cyclic esters (lactones) is 1. The number of hydrogen-bond acceptors (Lipinski definition) is 13. The van der Waals surface area contributed by atoms with Crippen molar-refractivity contribution in [3.8, 4) is 0 Å². The molecule has 0 bridgehead atoms. The highest BCUT2D eigenvalue weighted by molar-refractivity contribution is 5.85. The average Bonchev–Trinajstić information content (AvgIpc) is 3.61. The van der Waals surface area contributed by atoms with Gasteiger partial charge in [-0.25, -0.2) is 4.79 Å². The number of fused-ring (bicyclic) bond motifs is 5. The number of aliphatic hydroxyl groups is 7. The molecular formula is C35H54O13. The van der Waals surface area contributed by atoms with Gasteiger partial charge in [0.25, 0.3) is 0 Å². The van der Waals surface area contributed by atoms with E-state index in [1.54, 1.807) is 13.0 Å². The van der Waals surface area contributed by atoms with E-state index in [9.17, 15) is 40.5 Å². The third-order valence-corrected chi connectivity index (χ3v) is 14.2. The van der Waals surface area contributed by atoms with Gasteiger partial charge in [-0.1, -0.05) is 13.8 Å². The quantitative estimate of drug-likeness (QED) is 0.149. The van der Waals surface area contributed by atoms with Gasteiger partial charge in [0.15, 0.2) is 12.6 Å². The fourth-order valence-corrected chi connectivity index (χ4v) is 11.3. The molecule has 2 saturated heterocycles. The van der Waals surface area contributed by atoms with E-state index in [1.165, 1.54) is 0 Å². The van der Waals surface area contributed by atoms with Crippen molar-refractivity contribution >= 4 is 5.97 Å². The van der Waals surface area contributed by atoms with Crippen LogP contribution in [0, 0.1) is 34.5 Å². The van der Waals surface area contributed by atoms with Crippen LogP contribution in [0.3, 0.4) is 0 Å². The maximum absolute atomic E-state index is 12.5. The first kappa shape index (κ1) is 35.2. The fraction of sp³-hybridized carbons (Fsp3) is 0.914. The Morgan fingerprint density at radius 2 is 1.56 bits per heavy atom. The van der Waals surface area contributed by atoms with E-state index in [4.69, 9.17) is 23.7 Å². The van der Waals surface area contributed by atoms with Gasteiger partial charge in [0, 0.05) is 11.5 Å². The molecule has 7 aliphatic rings. The number of carbonyl (C=O) groups is 1. The number of esters is 1. The number of carbonyl (C=O) groups excluding carboxylic acids is 1. The molecular weight excluding hydrogens is 628 g/mol. The summed E-state index contributed by atoms with van der Waals surface area (Å²) in [5.74, 6) is 0.825. The molecule has 48 heavy (non-hydrogen) atoms. The molecule has 0 spiro atoms. The zero-order valence-corrected chi connectivity index (χ0v) is 28.1. The molecule has 272 valence electrons. The van der Waals surface area contributed by atoms with Crippen LogP contribution in [0.4, 0.5) is 0 Å². The molecule has 6 fully saturated rings. The summed E-state index contributed by atoms with van der Waals surface area (Å²) in [6, 6.07) is 0. The van der Waals surface area contributed by atoms with Crippen LogP contribution in [-0.4, -0.2) is 128 Å². The maximum Gasteiger partial charge on any atom is 0.331 e. The lowest BCUT2D eigenvalue weighted by atomic mass is 9.43. The molecule has 0 aromatic heterocycles. The monoisotopic (exact) mass is 682 g/mol. The molecule has 3 aliphatic heterocycles. The van der Waals surface area contributed by atoms with Gasteiger partial charge < -0.3 is 59.4 Å². The molecule has 0 radical (unpaired) electrons. The van der Waals surface area contributed by atoms with Gasteiger partial charge in [0.2, 0.25) is 0 Å². The molecule has 7 N–H and O–H groups in total. The van der Waals surface area contributed by atoms with Crippen molar-refractivity contribution in [1.29, 1.82) is 0 Å². The van der Waals surface area contributed by atoms with Crippen molar-refractivity contribution < 1.29 is 64.2 Å². The number of aliphatic hydroxyl groups excluding tert-OH is 6. The zero-order chi connectivity index (χ0) is 34.3. The molecule has 4 aliphatic carbocycles. The number of rotatable bonds is 6. The van der Waals surface area contributed by atoms with Crippen LogP contribution in [-0.2, 0) is 28.5 Å². The second-order valence-electron chi connectivity index (χ2n) is 16.3. The van der Waals surface area contributed by atoms with Gasteiger partial charge in [-0.2, -0.15) is 0 Å². The summed E-state index contributed by atoms with van der Waals surface area (Å²) in [4.78, 5) is 11.9. The summed E-state index contributed by atoms with van der Waals surface area (Å²) < 4.78 is 28.8. The maximum atomic E-state index is 12.5. The third kappa shape index (κ3) is 5.42. The molecule has 0 aromatic carbocycles. The lowest BCUT2D eigenvalue weighted by molar-refractivity contribution is -0.360. The summed E-state index contributed by atoms with van der Waals surface area (Å²) >= 11 is 0. The van der Waals surface area contributed by atoms with Gasteiger partial charge in [-0.3, -0.25) is 0 Å². The molecule has 0 aromatic rings. The Morgan fingerprint density at radius 1 is 0.833 bits per heavy atom. The van der Waals surface area contributed by atoms with Crippen LogP contribution in [0.1, 0.15) is 78.6 Å². The Kier molecular flexibility index (Phi) is 9.36. The summed E-state index contributed by atoms with van der Waals surface area (Å²) in [7, 11) is 0. The van der Waals surface area contributed by atoms with Gasteiger partial charge >= 0.3 is 5.97 Å². The van der Waals surface area contributed by atoms with Crippen molar-refractivity contribution in [2.45, 2.75) is 152 Å². The molecule has 13 heteroatoms. The smallest absolute Gasteiger partial charge is 0.331 e. The first-order chi connectivity index (χ1) is 22.7. The number of hydrogen-bond donors (Lipinski definition) is 7. The second-order valence-corrected chi connectivity index (χ2v) is 16.3. The van der Waals surface area contributed by atoms with Gasteiger partial charge in [0.05, 0.1) is 24.4 Å². The minimum absolute atomic E-state index is 0.0345. The van der Waals surface area contributed by atoms with Crippen LogP contribution in [0.25, 0.3) is 0 Å². The van der Waals surface area contributed by atoms with Crippen LogP contribution in [0.15, 0.2) is 11.6 Å². The standard InChI is InChI=1S/C35H54O13/c1-16-30(48-32-28(41)26(39)25(38)23(14-36)47-32)27(40)29(42)31(45-16)46-19-6-9-33(2)18(13-19)4-5-22-21(33)7-10-34(3)20(8-11-35(22,34)43)17-12-24(37)44-15-17/h12,16,18-23,25-32,36,38-43H,4-11,13-15H2,1-3H3/t16-,18+,19+,20-,21+,22-,23-,25-,26+,27-,28-,29-,30+,31+,32+,33+,34-,35+/m1/s1. The van der Waals surface area contributed by atoms with E-state index in [0.717, 1.165) is 63.4 Å². The van der Waals surface area contributed by atoms with E-state index in [0.29, 0.717) is 18.4 Å². The van der Waals surface area contributed by atoms with Gasteiger partial charge in [-0.05, 0) is 99.4 Å². The van der Waals surface area contributed by atoms with Crippen LogP contribution in [0.5, 0.6) is 0 Å². The summed E-state index contributed by atoms with van der Waals surface area (Å²) in [5.41, 5.74) is 0.00280. The molecule has 0 amide bonds. The largest absolute Gasteiger partial charge is 0.458 e. The molecule has 18 atom stereocenters. The van der Waals surface area contributed by atoms with Crippen molar-refractivity contribution in [2.24, 2.45) is 34.5 Å². The lowest BCUT2D eigenvalue weighted by Crippen LogP contribution is -2.64. The SMILES string of the molecule is C[C@H]1O[C@@H](O[C@H]2CC[C@@]3(C)[C@@H](CC[C@@H]4[C@@H]3CC[C@]3(C)[C@@H](C5=CC(=O)OC5)CC[C@]43O)C2)[C@H](O)[C@@H](O)[C@H]1O[C@@H]1O[C@H](CO)[C@@H](O)[C@H](O)[C@H]1O.